The van der Waals surface area contributed by atoms with Crippen molar-refractivity contribution in [3.8, 4) is 0 Å². The average Bonchev–Trinajstić information content (AvgIpc) is 3.14. The molecule has 1 aliphatic rings. The second kappa shape index (κ2) is 5.91. The summed E-state index contributed by atoms with van der Waals surface area (Å²) in [6.07, 6.45) is 3.77. The number of hydrogen-bond donors (Lipinski definition) is 0. The Morgan fingerprint density at radius 3 is 2.82 bits per heavy atom. The quantitative estimate of drug-likeness (QED) is 0.875. The summed E-state index contributed by atoms with van der Waals surface area (Å²) in [5.74, 6) is 0.368. The van der Waals surface area contributed by atoms with Crippen molar-refractivity contribution < 1.29 is 4.79 Å². The van der Waals surface area contributed by atoms with Gasteiger partial charge in [0.15, 0.2) is 0 Å². The lowest BCUT2D eigenvalue weighted by Crippen LogP contribution is -2.32. The van der Waals surface area contributed by atoms with Crippen molar-refractivity contribution in [3.63, 3.8) is 0 Å². The maximum absolute atomic E-state index is 12.9. The molecule has 0 unspecified atom stereocenters. The molecule has 2 aromatic heterocycles. The van der Waals surface area contributed by atoms with Crippen LogP contribution in [-0.2, 0) is 7.05 Å². The van der Waals surface area contributed by atoms with Crippen LogP contribution in [0.1, 0.15) is 60.5 Å². The van der Waals surface area contributed by atoms with Gasteiger partial charge in [-0.15, -0.1) is 0 Å². The number of amides is 1. The molecule has 0 bridgehead atoms. The molecule has 0 saturated carbocycles. The first-order valence-corrected chi connectivity index (χ1v) is 7.83. The molecule has 0 spiro atoms. The predicted octanol–water partition coefficient (Wildman–Crippen LogP) is 2.92. The van der Waals surface area contributed by atoms with E-state index >= 15 is 0 Å². The van der Waals surface area contributed by atoms with Crippen molar-refractivity contribution in [3.05, 3.63) is 47.5 Å². The number of carbonyl (C=O) groups excluding carboxylic acids is 1. The molecule has 0 aromatic carbocycles. The first-order chi connectivity index (χ1) is 10.6. The lowest BCUT2D eigenvalue weighted by atomic mass is 10.1. The second-order valence-electron chi connectivity index (χ2n) is 6.14. The first-order valence-electron chi connectivity index (χ1n) is 7.83. The summed E-state index contributed by atoms with van der Waals surface area (Å²) in [6, 6.07) is 7.87. The van der Waals surface area contributed by atoms with E-state index in [1.807, 2.05) is 36.2 Å². The van der Waals surface area contributed by atoms with Crippen LogP contribution in [0.15, 0.2) is 30.5 Å². The zero-order valence-corrected chi connectivity index (χ0v) is 13.4. The van der Waals surface area contributed by atoms with E-state index in [1.54, 1.807) is 10.9 Å². The summed E-state index contributed by atoms with van der Waals surface area (Å²) < 4.78 is 1.70. The highest BCUT2D eigenvalue weighted by Crippen LogP contribution is 2.32. The van der Waals surface area contributed by atoms with Crippen molar-refractivity contribution >= 4 is 5.91 Å². The Balaban J connectivity index is 1.88. The molecule has 0 N–H and O–H groups in total. The van der Waals surface area contributed by atoms with Gasteiger partial charge in [-0.25, -0.2) is 0 Å². The Kier molecular flexibility index (Phi) is 3.96. The molecule has 22 heavy (non-hydrogen) atoms. The van der Waals surface area contributed by atoms with Gasteiger partial charge in [-0.3, -0.25) is 14.5 Å². The van der Waals surface area contributed by atoms with Gasteiger partial charge in [-0.05, 0) is 37.0 Å². The number of nitrogens with zero attached hydrogens (tertiary/aromatic N) is 4. The highest BCUT2D eigenvalue weighted by atomic mass is 16.2. The topological polar surface area (TPSA) is 51.0 Å². The number of rotatable bonds is 3. The van der Waals surface area contributed by atoms with E-state index < -0.39 is 0 Å². The Morgan fingerprint density at radius 2 is 2.18 bits per heavy atom. The van der Waals surface area contributed by atoms with E-state index in [0.29, 0.717) is 11.6 Å². The van der Waals surface area contributed by atoms with Crippen LogP contribution in [-0.4, -0.2) is 32.1 Å². The summed E-state index contributed by atoms with van der Waals surface area (Å²) >= 11 is 0. The molecular formula is C17H22N4O. The van der Waals surface area contributed by atoms with Crippen molar-refractivity contribution in [1.82, 2.24) is 19.7 Å². The maximum Gasteiger partial charge on any atom is 0.272 e. The molecule has 1 fully saturated rings. The van der Waals surface area contributed by atoms with Gasteiger partial charge in [0.25, 0.3) is 5.91 Å². The Bertz CT molecular complexity index is 663. The fraction of sp³-hybridized carbons (Fsp3) is 0.471. The molecule has 0 aliphatic carbocycles. The van der Waals surface area contributed by atoms with Gasteiger partial charge in [0, 0.05) is 19.8 Å². The van der Waals surface area contributed by atoms with Crippen LogP contribution in [0.3, 0.4) is 0 Å². The fourth-order valence-electron chi connectivity index (χ4n) is 3.01. The number of aryl methyl sites for hydroxylation is 1. The van der Waals surface area contributed by atoms with Crippen LogP contribution < -0.4 is 0 Å². The third kappa shape index (κ3) is 2.63. The van der Waals surface area contributed by atoms with E-state index in [0.717, 1.165) is 30.8 Å². The van der Waals surface area contributed by atoms with Crippen LogP contribution >= 0.6 is 0 Å². The van der Waals surface area contributed by atoms with Crippen molar-refractivity contribution in [2.75, 3.05) is 6.54 Å². The molecule has 116 valence electrons. The maximum atomic E-state index is 12.9. The van der Waals surface area contributed by atoms with E-state index in [9.17, 15) is 4.79 Å². The zero-order valence-electron chi connectivity index (χ0n) is 13.4. The van der Waals surface area contributed by atoms with Crippen molar-refractivity contribution in [1.29, 1.82) is 0 Å². The predicted molar refractivity (Wildman–Crippen MR) is 84.5 cm³/mol. The Morgan fingerprint density at radius 1 is 1.36 bits per heavy atom. The Labute approximate surface area is 131 Å². The first kappa shape index (κ1) is 14.8. The number of pyridine rings is 1. The average molecular weight is 298 g/mol. The molecule has 2 aromatic rings. The molecule has 5 nitrogen and oxygen atoms in total. The van der Waals surface area contributed by atoms with Gasteiger partial charge < -0.3 is 4.90 Å². The summed E-state index contributed by atoms with van der Waals surface area (Å²) in [6.45, 7) is 4.95. The largest absolute Gasteiger partial charge is 0.329 e. The van der Waals surface area contributed by atoms with E-state index in [1.165, 1.54) is 0 Å². The van der Waals surface area contributed by atoms with Crippen LogP contribution in [0.2, 0.25) is 0 Å². The lowest BCUT2D eigenvalue weighted by molar-refractivity contribution is 0.0721. The van der Waals surface area contributed by atoms with Gasteiger partial charge in [-0.2, -0.15) is 5.10 Å². The molecule has 0 radical (unpaired) electrons. The Hall–Kier alpha value is -2.17. The third-order valence-corrected chi connectivity index (χ3v) is 4.25. The van der Waals surface area contributed by atoms with E-state index in [-0.39, 0.29) is 11.9 Å². The number of hydrogen-bond acceptors (Lipinski definition) is 3. The summed E-state index contributed by atoms with van der Waals surface area (Å²) in [5.41, 5.74) is 2.59. The summed E-state index contributed by atoms with van der Waals surface area (Å²) in [4.78, 5) is 19.3. The highest BCUT2D eigenvalue weighted by Gasteiger charge is 2.32. The molecule has 3 heterocycles. The van der Waals surface area contributed by atoms with Crippen LogP contribution in [0.4, 0.5) is 0 Å². The van der Waals surface area contributed by atoms with Gasteiger partial charge >= 0.3 is 0 Å². The smallest absolute Gasteiger partial charge is 0.272 e. The molecule has 1 aliphatic heterocycles. The minimum Gasteiger partial charge on any atom is -0.329 e. The lowest BCUT2D eigenvalue weighted by Gasteiger charge is -2.24. The molecule has 3 rings (SSSR count). The highest BCUT2D eigenvalue weighted by molar-refractivity contribution is 5.93. The summed E-state index contributed by atoms with van der Waals surface area (Å²) in [5, 5.41) is 4.45. The molecule has 1 amide bonds. The SMILES string of the molecule is CC(C)c1cc(C(=O)N2CCC[C@H]2c2ccccn2)n(C)n1. The third-order valence-electron chi connectivity index (χ3n) is 4.25. The van der Waals surface area contributed by atoms with Crippen molar-refractivity contribution in [2.45, 2.75) is 38.6 Å². The van der Waals surface area contributed by atoms with Crippen LogP contribution in [0.25, 0.3) is 0 Å². The van der Waals surface area contributed by atoms with Crippen molar-refractivity contribution in [2.24, 2.45) is 7.05 Å². The summed E-state index contributed by atoms with van der Waals surface area (Å²) in [7, 11) is 1.84. The van der Waals surface area contributed by atoms with E-state index in [2.05, 4.69) is 23.9 Å². The van der Waals surface area contributed by atoms with Gasteiger partial charge in [0.2, 0.25) is 0 Å². The minimum atomic E-state index is 0.0510. The molecule has 5 heteroatoms. The van der Waals surface area contributed by atoms with E-state index in [4.69, 9.17) is 0 Å². The monoisotopic (exact) mass is 298 g/mol. The molecular weight excluding hydrogens is 276 g/mol. The molecule has 1 saturated heterocycles. The second-order valence-corrected chi connectivity index (χ2v) is 6.14. The number of likely N-dealkylation sites (tertiary alicyclic amines) is 1. The van der Waals surface area contributed by atoms with Gasteiger partial charge in [-0.1, -0.05) is 19.9 Å². The van der Waals surface area contributed by atoms with Crippen LogP contribution in [0.5, 0.6) is 0 Å². The minimum absolute atomic E-state index is 0.0510. The molecule has 1 atom stereocenters. The normalized spacial score (nSPS) is 18.2. The number of carbonyl (C=O) groups is 1. The number of aromatic nitrogens is 3. The van der Waals surface area contributed by atoms with Gasteiger partial charge in [0.1, 0.15) is 5.69 Å². The standard InChI is InChI=1S/C17H22N4O/c1-12(2)14-11-16(20(3)19-14)17(22)21-10-6-8-15(21)13-7-4-5-9-18-13/h4-5,7,9,11-12,15H,6,8,10H2,1-3H3/t15-/m0/s1. The fourth-order valence-corrected chi connectivity index (χ4v) is 3.01. The zero-order chi connectivity index (χ0) is 15.7. The van der Waals surface area contributed by atoms with Crippen LogP contribution in [0, 0.1) is 0 Å². The van der Waals surface area contributed by atoms with Gasteiger partial charge in [0.05, 0.1) is 17.4 Å².